The molecule has 0 aliphatic carbocycles. The topological polar surface area (TPSA) is 79.3 Å². The van der Waals surface area contributed by atoms with Crippen molar-refractivity contribution in [3.63, 3.8) is 0 Å². The third-order valence-corrected chi connectivity index (χ3v) is 2.96. The van der Waals surface area contributed by atoms with Crippen molar-refractivity contribution < 1.29 is 9.53 Å². The predicted octanol–water partition coefficient (Wildman–Crippen LogP) is 2.82. The maximum Gasteiger partial charge on any atom is 0.338 e. The summed E-state index contributed by atoms with van der Waals surface area (Å²) >= 11 is 0. The second-order valence-corrected chi connectivity index (χ2v) is 5.24. The van der Waals surface area contributed by atoms with E-state index in [2.05, 4.69) is 19.9 Å². The summed E-state index contributed by atoms with van der Waals surface area (Å²) in [4.78, 5) is 13.9. The molecule has 114 valence electrons. The molecule has 0 fully saturated rings. The summed E-state index contributed by atoms with van der Waals surface area (Å²) in [5, 5.41) is 8.80. The number of nitriles is 1. The summed E-state index contributed by atoms with van der Waals surface area (Å²) in [6.07, 6.45) is 0.412. The lowest BCUT2D eigenvalue weighted by Crippen LogP contribution is -2.29. The van der Waals surface area contributed by atoms with Crippen LogP contribution >= 0.6 is 0 Å². The summed E-state index contributed by atoms with van der Waals surface area (Å²) in [5.74, 6) is 0.0675. The summed E-state index contributed by atoms with van der Waals surface area (Å²) in [6, 6.07) is 7.26. The first-order valence-electron chi connectivity index (χ1n) is 7.18. The Balaban J connectivity index is 3.08. The van der Waals surface area contributed by atoms with Crippen LogP contribution in [-0.4, -0.2) is 25.7 Å². The zero-order valence-corrected chi connectivity index (χ0v) is 12.9. The molecule has 0 aliphatic rings. The fourth-order valence-corrected chi connectivity index (χ4v) is 2.09. The van der Waals surface area contributed by atoms with Gasteiger partial charge in [-0.3, -0.25) is 0 Å². The van der Waals surface area contributed by atoms with Gasteiger partial charge in [-0.1, -0.05) is 13.8 Å². The maximum atomic E-state index is 11.8. The van der Waals surface area contributed by atoms with Crippen molar-refractivity contribution >= 4 is 17.3 Å². The predicted molar refractivity (Wildman–Crippen MR) is 84.1 cm³/mol. The number of anilines is 2. The first-order valence-corrected chi connectivity index (χ1v) is 7.18. The minimum Gasteiger partial charge on any atom is -0.462 e. The van der Waals surface area contributed by atoms with Gasteiger partial charge in [0.05, 0.1) is 36.0 Å². The molecule has 1 aromatic carbocycles. The second-order valence-electron chi connectivity index (χ2n) is 5.24. The standard InChI is InChI=1S/C16H23N3O2/c1-4-21-16(20)13-6-7-14(18)15(10-13)19(9-5-8-17)11-12(2)3/h6-7,10,12H,4-5,9,11,18H2,1-3H3. The minimum atomic E-state index is -0.358. The molecular weight excluding hydrogens is 266 g/mol. The van der Waals surface area contributed by atoms with Crippen LogP contribution in [0.5, 0.6) is 0 Å². The molecule has 0 amide bonds. The molecule has 0 aromatic heterocycles. The highest BCUT2D eigenvalue weighted by molar-refractivity contribution is 5.92. The van der Waals surface area contributed by atoms with Crippen molar-refractivity contribution in [2.45, 2.75) is 27.2 Å². The molecule has 0 unspecified atom stereocenters. The smallest absolute Gasteiger partial charge is 0.338 e. The molecule has 0 bridgehead atoms. The van der Waals surface area contributed by atoms with Crippen molar-refractivity contribution in [1.82, 2.24) is 0 Å². The number of benzene rings is 1. The molecule has 0 atom stereocenters. The van der Waals surface area contributed by atoms with Gasteiger partial charge in [0.25, 0.3) is 0 Å². The Labute approximate surface area is 126 Å². The molecule has 0 spiro atoms. The van der Waals surface area contributed by atoms with E-state index in [1.807, 2.05) is 4.90 Å². The Morgan fingerprint density at radius 2 is 2.19 bits per heavy atom. The second kappa shape index (κ2) is 8.15. The van der Waals surface area contributed by atoms with E-state index in [1.165, 1.54) is 0 Å². The van der Waals surface area contributed by atoms with E-state index < -0.39 is 0 Å². The molecule has 5 nitrogen and oxygen atoms in total. The maximum absolute atomic E-state index is 11.8. The number of hydrogen-bond acceptors (Lipinski definition) is 5. The van der Waals surface area contributed by atoms with Crippen molar-refractivity contribution in [3.05, 3.63) is 23.8 Å². The molecule has 21 heavy (non-hydrogen) atoms. The summed E-state index contributed by atoms with van der Waals surface area (Å²) in [7, 11) is 0. The number of nitrogen functional groups attached to an aromatic ring is 1. The number of carbonyl (C=O) groups excluding carboxylic acids is 1. The van der Waals surface area contributed by atoms with E-state index in [-0.39, 0.29) is 5.97 Å². The molecular formula is C16H23N3O2. The average Bonchev–Trinajstić information content (AvgIpc) is 2.44. The van der Waals surface area contributed by atoms with Gasteiger partial charge in [-0.25, -0.2) is 4.79 Å². The molecule has 0 saturated heterocycles. The molecule has 0 heterocycles. The first-order chi connectivity index (χ1) is 9.99. The first kappa shape index (κ1) is 16.8. The van der Waals surface area contributed by atoms with Gasteiger partial charge < -0.3 is 15.4 Å². The molecule has 1 rings (SSSR count). The van der Waals surface area contributed by atoms with Crippen molar-refractivity contribution in [1.29, 1.82) is 5.26 Å². The van der Waals surface area contributed by atoms with E-state index in [9.17, 15) is 4.79 Å². The number of nitrogens with zero attached hydrogens (tertiary/aromatic N) is 2. The normalized spacial score (nSPS) is 10.2. The third-order valence-electron chi connectivity index (χ3n) is 2.96. The van der Waals surface area contributed by atoms with Crippen LogP contribution in [0.3, 0.4) is 0 Å². The lowest BCUT2D eigenvalue weighted by molar-refractivity contribution is 0.0526. The molecule has 5 heteroatoms. The zero-order valence-electron chi connectivity index (χ0n) is 12.9. The number of esters is 1. The molecule has 0 saturated carbocycles. The van der Waals surface area contributed by atoms with Gasteiger partial charge in [-0.2, -0.15) is 5.26 Å². The van der Waals surface area contributed by atoms with Crippen molar-refractivity contribution in [2.75, 3.05) is 30.3 Å². The summed E-state index contributed by atoms with van der Waals surface area (Å²) in [6.45, 7) is 7.68. The molecule has 2 N–H and O–H groups in total. The van der Waals surface area contributed by atoms with Gasteiger partial charge in [0.15, 0.2) is 0 Å². The van der Waals surface area contributed by atoms with Gasteiger partial charge in [-0.15, -0.1) is 0 Å². The number of ether oxygens (including phenoxy) is 1. The van der Waals surface area contributed by atoms with E-state index in [0.717, 1.165) is 12.2 Å². The molecule has 0 aliphatic heterocycles. The minimum absolute atomic E-state index is 0.336. The van der Waals surface area contributed by atoms with Crippen molar-refractivity contribution in [2.24, 2.45) is 5.92 Å². The van der Waals surface area contributed by atoms with Crippen LogP contribution < -0.4 is 10.6 Å². The summed E-state index contributed by atoms with van der Waals surface area (Å²) in [5.41, 5.74) is 7.89. The Kier molecular flexibility index (Phi) is 6.54. The molecule has 0 radical (unpaired) electrons. The molecule has 1 aromatic rings. The Morgan fingerprint density at radius 3 is 2.76 bits per heavy atom. The van der Waals surface area contributed by atoms with E-state index in [4.69, 9.17) is 15.7 Å². The number of hydrogen-bond donors (Lipinski definition) is 1. The van der Waals surface area contributed by atoms with Crippen LogP contribution in [0.25, 0.3) is 0 Å². The number of nitrogens with two attached hydrogens (primary N) is 1. The van der Waals surface area contributed by atoms with Crippen molar-refractivity contribution in [3.8, 4) is 6.07 Å². The fraction of sp³-hybridized carbons (Fsp3) is 0.500. The van der Waals surface area contributed by atoms with Gasteiger partial charge in [-0.05, 0) is 31.0 Å². The van der Waals surface area contributed by atoms with Crippen LogP contribution in [-0.2, 0) is 4.74 Å². The quantitative estimate of drug-likeness (QED) is 0.616. The van der Waals surface area contributed by atoms with Gasteiger partial charge in [0, 0.05) is 13.1 Å². The van der Waals surface area contributed by atoms with E-state index >= 15 is 0 Å². The summed E-state index contributed by atoms with van der Waals surface area (Å²) < 4.78 is 5.01. The zero-order chi connectivity index (χ0) is 15.8. The number of carbonyl (C=O) groups is 1. The van der Waals surface area contributed by atoms with Crippen LogP contribution in [0.1, 0.15) is 37.6 Å². The van der Waals surface area contributed by atoms with Crippen LogP contribution in [0.15, 0.2) is 18.2 Å². The lowest BCUT2D eigenvalue weighted by Gasteiger charge is -2.27. The monoisotopic (exact) mass is 289 g/mol. The van der Waals surface area contributed by atoms with Gasteiger partial charge in [0.1, 0.15) is 0 Å². The highest BCUT2D eigenvalue weighted by Crippen LogP contribution is 2.26. The SMILES string of the molecule is CCOC(=O)c1ccc(N)c(N(CCC#N)CC(C)C)c1. The average molecular weight is 289 g/mol. The van der Waals surface area contributed by atoms with E-state index in [0.29, 0.717) is 36.7 Å². The largest absolute Gasteiger partial charge is 0.462 e. The highest BCUT2D eigenvalue weighted by Gasteiger charge is 2.15. The van der Waals surface area contributed by atoms with Crippen LogP contribution in [0.2, 0.25) is 0 Å². The third kappa shape index (κ3) is 4.99. The van der Waals surface area contributed by atoms with Crippen LogP contribution in [0.4, 0.5) is 11.4 Å². The van der Waals surface area contributed by atoms with Gasteiger partial charge >= 0.3 is 5.97 Å². The fourth-order valence-electron chi connectivity index (χ4n) is 2.09. The van der Waals surface area contributed by atoms with Crippen LogP contribution in [0, 0.1) is 17.2 Å². The Hall–Kier alpha value is -2.22. The Bertz CT molecular complexity index is 521. The highest BCUT2D eigenvalue weighted by atomic mass is 16.5. The lowest BCUT2D eigenvalue weighted by atomic mass is 10.1. The number of rotatable bonds is 7. The van der Waals surface area contributed by atoms with Gasteiger partial charge in [0.2, 0.25) is 0 Å². The Morgan fingerprint density at radius 1 is 1.48 bits per heavy atom. The van der Waals surface area contributed by atoms with E-state index in [1.54, 1.807) is 25.1 Å².